The minimum atomic E-state index is -1.15. The molecule has 0 spiro atoms. The molecule has 2 aromatic rings. The molecule has 0 aliphatic rings. The normalized spacial score (nSPS) is 10.9. The Balaban J connectivity index is 2.75. The van der Waals surface area contributed by atoms with Crippen molar-refractivity contribution in [3.63, 3.8) is 0 Å². The van der Waals surface area contributed by atoms with E-state index in [0.29, 0.717) is 11.3 Å². The van der Waals surface area contributed by atoms with E-state index in [1.165, 1.54) is 11.7 Å². The van der Waals surface area contributed by atoms with Crippen molar-refractivity contribution in [2.24, 2.45) is 7.05 Å². The van der Waals surface area contributed by atoms with E-state index in [1.807, 2.05) is 0 Å². The maximum atomic E-state index is 11.7. The lowest BCUT2D eigenvalue weighted by Gasteiger charge is -2.05. The van der Waals surface area contributed by atoms with Gasteiger partial charge in [-0.1, -0.05) is 0 Å². The highest BCUT2D eigenvalue weighted by Crippen LogP contribution is 2.07. The number of aryl methyl sites for hydroxylation is 1. The van der Waals surface area contributed by atoms with Crippen LogP contribution in [0.1, 0.15) is 16.2 Å². The molecule has 7 heteroatoms. The van der Waals surface area contributed by atoms with E-state index in [4.69, 9.17) is 9.84 Å². The van der Waals surface area contributed by atoms with E-state index in [9.17, 15) is 9.59 Å². The van der Waals surface area contributed by atoms with Crippen LogP contribution in [0.5, 0.6) is 0 Å². The molecular weight excluding hydrogens is 226 g/mol. The molecule has 0 aliphatic heterocycles. The van der Waals surface area contributed by atoms with Gasteiger partial charge in [0.15, 0.2) is 0 Å². The molecule has 2 heterocycles. The van der Waals surface area contributed by atoms with Crippen LogP contribution < -0.4 is 5.56 Å². The Hall–Kier alpha value is -2.15. The Kier molecular flexibility index (Phi) is 2.68. The highest BCUT2D eigenvalue weighted by atomic mass is 16.5. The van der Waals surface area contributed by atoms with E-state index in [0.717, 1.165) is 10.6 Å². The van der Waals surface area contributed by atoms with E-state index in [2.05, 4.69) is 5.10 Å². The zero-order valence-electron chi connectivity index (χ0n) is 9.38. The fourth-order valence-electron chi connectivity index (χ4n) is 1.64. The van der Waals surface area contributed by atoms with Crippen LogP contribution in [0.2, 0.25) is 0 Å². The summed E-state index contributed by atoms with van der Waals surface area (Å²) < 4.78 is 7.46. The van der Waals surface area contributed by atoms with Gasteiger partial charge >= 0.3 is 5.97 Å². The molecule has 0 fully saturated rings. The predicted molar refractivity (Wildman–Crippen MR) is 58.1 cm³/mol. The number of fused-ring (bicyclic) bond motifs is 1. The van der Waals surface area contributed by atoms with Crippen molar-refractivity contribution >= 4 is 11.6 Å². The van der Waals surface area contributed by atoms with Crippen molar-refractivity contribution in [2.75, 3.05) is 7.11 Å². The van der Waals surface area contributed by atoms with E-state index < -0.39 is 11.5 Å². The lowest BCUT2D eigenvalue weighted by atomic mass is 10.4. The molecule has 0 aromatic carbocycles. The Labute approximate surface area is 95.9 Å². The highest BCUT2D eigenvalue weighted by molar-refractivity contribution is 5.86. The van der Waals surface area contributed by atoms with Crippen molar-refractivity contribution in [1.82, 2.24) is 14.2 Å². The Morgan fingerprint density at radius 2 is 2.24 bits per heavy atom. The number of methoxy groups -OCH3 is 1. The number of aromatic carboxylic acids is 1. The van der Waals surface area contributed by atoms with Crippen molar-refractivity contribution in [3.05, 3.63) is 33.9 Å². The molecular formula is C10H11N3O4. The lowest BCUT2D eigenvalue weighted by Crippen LogP contribution is -2.21. The Bertz CT molecular complexity index is 641. The average molecular weight is 237 g/mol. The summed E-state index contributed by atoms with van der Waals surface area (Å²) in [5.74, 6) is -1.15. The van der Waals surface area contributed by atoms with Crippen LogP contribution in [0, 0.1) is 0 Å². The van der Waals surface area contributed by atoms with Crippen LogP contribution in [0.4, 0.5) is 0 Å². The highest BCUT2D eigenvalue weighted by Gasteiger charge is 2.13. The smallest absolute Gasteiger partial charge is 0.352 e. The molecule has 0 radical (unpaired) electrons. The van der Waals surface area contributed by atoms with Crippen molar-refractivity contribution in [1.29, 1.82) is 0 Å². The van der Waals surface area contributed by atoms with Gasteiger partial charge in [-0.15, -0.1) is 0 Å². The first-order valence-corrected chi connectivity index (χ1v) is 4.85. The fourth-order valence-corrected chi connectivity index (χ4v) is 1.64. The maximum absolute atomic E-state index is 11.7. The summed E-state index contributed by atoms with van der Waals surface area (Å²) in [6.07, 6.45) is 0. The second-order valence-electron chi connectivity index (χ2n) is 3.57. The number of rotatable bonds is 3. The second-order valence-corrected chi connectivity index (χ2v) is 3.57. The van der Waals surface area contributed by atoms with Gasteiger partial charge in [0, 0.05) is 26.3 Å². The minimum Gasteiger partial charge on any atom is -0.477 e. The largest absolute Gasteiger partial charge is 0.477 e. The third-order valence-electron chi connectivity index (χ3n) is 2.43. The third-order valence-corrected chi connectivity index (χ3v) is 2.43. The standard InChI is InChI=1S/C10H11N3O4/c1-12-7(10(15)16)4-9(14)13-8(12)3-6(11-13)5-17-2/h3-4H,5H2,1-2H3,(H,15,16). The van der Waals surface area contributed by atoms with E-state index in [-0.39, 0.29) is 12.3 Å². The molecule has 0 bridgehead atoms. The summed E-state index contributed by atoms with van der Waals surface area (Å²) in [6, 6.07) is 2.66. The number of hydrogen-bond acceptors (Lipinski definition) is 4. The molecule has 0 amide bonds. The first kappa shape index (κ1) is 11.3. The Morgan fingerprint density at radius 1 is 1.53 bits per heavy atom. The summed E-state index contributed by atoms with van der Waals surface area (Å²) >= 11 is 0. The third kappa shape index (κ3) is 1.80. The Morgan fingerprint density at radius 3 is 2.82 bits per heavy atom. The summed E-state index contributed by atoms with van der Waals surface area (Å²) in [5.41, 5.74) is 0.439. The lowest BCUT2D eigenvalue weighted by molar-refractivity contribution is 0.0685. The van der Waals surface area contributed by atoms with Gasteiger partial charge < -0.3 is 14.4 Å². The molecule has 1 N–H and O–H groups in total. The molecule has 0 saturated carbocycles. The van der Waals surface area contributed by atoms with E-state index >= 15 is 0 Å². The van der Waals surface area contributed by atoms with Crippen LogP contribution >= 0.6 is 0 Å². The first-order chi connectivity index (χ1) is 8.04. The number of carbonyl (C=O) groups is 1. The molecule has 7 nitrogen and oxygen atoms in total. The van der Waals surface area contributed by atoms with Crippen LogP contribution in [0.15, 0.2) is 16.9 Å². The SMILES string of the molecule is COCc1cc2n(C)c(C(=O)O)cc(=O)n2n1. The quantitative estimate of drug-likeness (QED) is 0.804. The van der Waals surface area contributed by atoms with Crippen LogP contribution in [-0.4, -0.2) is 32.4 Å². The monoisotopic (exact) mass is 237 g/mol. The zero-order valence-corrected chi connectivity index (χ0v) is 9.38. The number of ether oxygens (including phenoxy) is 1. The molecule has 17 heavy (non-hydrogen) atoms. The second kappa shape index (κ2) is 4.02. The number of carboxylic acids is 1. The van der Waals surface area contributed by atoms with Gasteiger partial charge in [-0.25, -0.2) is 4.79 Å². The van der Waals surface area contributed by atoms with E-state index in [1.54, 1.807) is 13.1 Å². The molecule has 2 rings (SSSR count). The van der Waals surface area contributed by atoms with Gasteiger partial charge in [0.1, 0.15) is 11.3 Å². The first-order valence-electron chi connectivity index (χ1n) is 4.85. The summed E-state index contributed by atoms with van der Waals surface area (Å²) in [5, 5.41) is 13.0. The predicted octanol–water partition coefficient (Wildman–Crippen LogP) is -0.122. The maximum Gasteiger partial charge on any atom is 0.352 e. The summed E-state index contributed by atoms with van der Waals surface area (Å²) in [4.78, 5) is 22.6. The van der Waals surface area contributed by atoms with Gasteiger partial charge in [0.2, 0.25) is 0 Å². The van der Waals surface area contributed by atoms with Gasteiger partial charge in [-0.3, -0.25) is 4.79 Å². The molecule has 2 aromatic heterocycles. The molecule has 90 valence electrons. The van der Waals surface area contributed by atoms with Gasteiger partial charge in [-0.05, 0) is 0 Å². The van der Waals surface area contributed by atoms with Crippen LogP contribution in [0.3, 0.4) is 0 Å². The van der Waals surface area contributed by atoms with Gasteiger partial charge in [0.25, 0.3) is 5.56 Å². The molecule has 0 saturated heterocycles. The van der Waals surface area contributed by atoms with Crippen LogP contribution in [0.25, 0.3) is 5.65 Å². The van der Waals surface area contributed by atoms with Gasteiger partial charge in [-0.2, -0.15) is 9.61 Å². The number of hydrogen-bond donors (Lipinski definition) is 1. The van der Waals surface area contributed by atoms with Gasteiger partial charge in [0.05, 0.1) is 12.3 Å². The number of aromatic nitrogens is 3. The topological polar surface area (TPSA) is 85.8 Å². The van der Waals surface area contributed by atoms with Crippen LogP contribution in [-0.2, 0) is 18.4 Å². The summed E-state index contributed by atoms with van der Waals surface area (Å²) in [6.45, 7) is 0.267. The number of carboxylic acid groups (broad SMARTS) is 1. The van der Waals surface area contributed by atoms with Crippen molar-refractivity contribution in [3.8, 4) is 0 Å². The fraction of sp³-hybridized carbons (Fsp3) is 0.300. The van der Waals surface area contributed by atoms with Crippen molar-refractivity contribution < 1.29 is 14.6 Å². The minimum absolute atomic E-state index is 0.0774. The summed E-state index contributed by atoms with van der Waals surface area (Å²) in [7, 11) is 3.08. The molecule has 0 atom stereocenters. The number of nitrogens with zero attached hydrogens (tertiary/aromatic N) is 3. The molecule has 0 unspecified atom stereocenters. The average Bonchev–Trinajstić information content (AvgIpc) is 2.68. The van der Waals surface area contributed by atoms with Crippen molar-refractivity contribution in [2.45, 2.75) is 6.61 Å². The zero-order chi connectivity index (χ0) is 12.6. The molecule has 0 aliphatic carbocycles.